The normalized spacial score (nSPS) is 11.2. The molecule has 1 amide bonds. The summed E-state index contributed by atoms with van der Waals surface area (Å²) in [7, 11) is 0. The minimum Gasteiger partial charge on any atom is -0.480 e. The molecule has 1 aromatic carbocycles. The topological polar surface area (TPSA) is 159 Å². The van der Waals surface area contributed by atoms with Crippen molar-refractivity contribution in [3.05, 3.63) is 41.5 Å². The first-order chi connectivity index (χ1) is 11.7. The van der Waals surface area contributed by atoms with Crippen LogP contribution < -0.4 is 11.5 Å². The molecule has 0 aliphatic carbocycles. The zero-order valence-corrected chi connectivity index (χ0v) is 13.7. The SMILES string of the molecule is CC(C)[C@H](N)C(=O)O.N#Cc1nc(-c2ccccc2F)[nH]c1C(N)=O. The van der Waals surface area contributed by atoms with E-state index in [1.165, 1.54) is 18.2 Å². The van der Waals surface area contributed by atoms with Gasteiger partial charge in [0.2, 0.25) is 0 Å². The molecule has 0 aliphatic rings. The number of primary amides is 1. The number of nitriles is 1. The number of aromatic nitrogens is 2. The molecule has 0 fully saturated rings. The highest BCUT2D eigenvalue weighted by Gasteiger charge is 2.17. The second-order valence-electron chi connectivity index (χ2n) is 5.37. The fourth-order valence-corrected chi connectivity index (χ4v) is 1.70. The smallest absolute Gasteiger partial charge is 0.320 e. The molecule has 1 atom stereocenters. The Hall–Kier alpha value is -3.25. The highest BCUT2D eigenvalue weighted by molar-refractivity contribution is 5.93. The number of nitrogens with zero attached hydrogens (tertiary/aromatic N) is 2. The van der Waals surface area contributed by atoms with Crippen LogP contribution in [0.4, 0.5) is 4.39 Å². The molecule has 0 spiro atoms. The fraction of sp³-hybridized carbons (Fsp3) is 0.250. The number of hydrogen-bond donors (Lipinski definition) is 4. The van der Waals surface area contributed by atoms with Gasteiger partial charge in [0, 0.05) is 0 Å². The van der Waals surface area contributed by atoms with E-state index >= 15 is 0 Å². The molecule has 1 heterocycles. The molecule has 2 rings (SSSR count). The predicted octanol–water partition coefficient (Wildman–Crippen LogP) is 1.24. The fourth-order valence-electron chi connectivity index (χ4n) is 1.70. The molecule has 0 saturated carbocycles. The lowest BCUT2D eigenvalue weighted by molar-refractivity contribution is -0.139. The van der Waals surface area contributed by atoms with E-state index < -0.39 is 23.7 Å². The van der Waals surface area contributed by atoms with Gasteiger partial charge >= 0.3 is 5.97 Å². The number of carboxylic acids is 1. The molecule has 0 aliphatic heterocycles. The van der Waals surface area contributed by atoms with E-state index in [0.29, 0.717) is 0 Å². The second kappa shape index (κ2) is 8.56. The van der Waals surface area contributed by atoms with Crippen molar-refractivity contribution in [1.82, 2.24) is 9.97 Å². The summed E-state index contributed by atoms with van der Waals surface area (Å²) < 4.78 is 13.5. The maximum atomic E-state index is 13.5. The summed E-state index contributed by atoms with van der Waals surface area (Å²) in [6.45, 7) is 3.55. The molecule has 25 heavy (non-hydrogen) atoms. The summed E-state index contributed by atoms with van der Waals surface area (Å²) in [6.07, 6.45) is 0. The van der Waals surface area contributed by atoms with Gasteiger partial charge in [0.25, 0.3) is 5.91 Å². The molecule has 0 saturated heterocycles. The molecule has 9 heteroatoms. The summed E-state index contributed by atoms with van der Waals surface area (Å²) in [4.78, 5) is 27.4. The standard InChI is InChI=1S/C11H7FN4O.C5H11NO2/c12-7-4-2-1-3-6(7)11-15-8(5-13)9(16-11)10(14)17;1-3(2)4(6)5(7)8/h1-4H,(H2,14,17)(H,15,16);3-4H,6H2,1-2H3,(H,7,8)/t;4-/m.0/s1. The summed E-state index contributed by atoms with van der Waals surface area (Å²) in [5.74, 6) is -2.11. The van der Waals surface area contributed by atoms with Crippen molar-refractivity contribution in [3.8, 4) is 17.5 Å². The van der Waals surface area contributed by atoms with Crippen molar-refractivity contribution < 1.29 is 19.1 Å². The van der Waals surface area contributed by atoms with Gasteiger partial charge in [-0.15, -0.1) is 0 Å². The Bertz CT molecular complexity index is 810. The van der Waals surface area contributed by atoms with Crippen molar-refractivity contribution in [2.75, 3.05) is 0 Å². The quantitative estimate of drug-likeness (QED) is 0.651. The molecule has 8 nitrogen and oxygen atoms in total. The zero-order valence-electron chi connectivity index (χ0n) is 13.7. The van der Waals surface area contributed by atoms with Gasteiger partial charge in [0.15, 0.2) is 5.69 Å². The van der Waals surface area contributed by atoms with Crippen LogP contribution in [0.2, 0.25) is 0 Å². The van der Waals surface area contributed by atoms with Crippen LogP contribution in [0.5, 0.6) is 0 Å². The molecular weight excluding hydrogens is 329 g/mol. The maximum Gasteiger partial charge on any atom is 0.320 e. The number of nitrogens with two attached hydrogens (primary N) is 2. The van der Waals surface area contributed by atoms with Crippen molar-refractivity contribution >= 4 is 11.9 Å². The van der Waals surface area contributed by atoms with Crippen LogP contribution in [0, 0.1) is 23.1 Å². The second-order valence-corrected chi connectivity index (χ2v) is 5.37. The van der Waals surface area contributed by atoms with Gasteiger partial charge in [0.1, 0.15) is 29.4 Å². The van der Waals surface area contributed by atoms with E-state index in [-0.39, 0.29) is 28.7 Å². The van der Waals surface area contributed by atoms with Crippen LogP contribution in [-0.4, -0.2) is 33.0 Å². The summed E-state index contributed by atoms with van der Waals surface area (Å²) >= 11 is 0. The Morgan fingerprint density at radius 2 is 1.96 bits per heavy atom. The van der Waals surface area contributed by atoms with Crippen LogP contribution >= 0.6 is 0 Å². The van der Waals surface area contributed by atoms with Crippen LogP contribution in [0.25, 0.3) is 11.4 Å². The highest BCUT2D eigenvalue weighted by atomic mass is 19.1. The average Bonchev–Trinajstić information content (AvgIpc) is 2.99. The predicted molar refractivity (Wildman–Crippen MR) is 87.7 cm³/mol. The minimum atomic E-state index is -0.931. The largest absolute Gasteiger partial charge is 0.480 e. The number of aromatic amines is 1. The number of carbonyl (C=O) groups is 2. The average molecular weight is 347 g/mol. The number of aliphatic carboxylic acids is 1. The third-order valence-corrected chi connectivity index (χ3v) is 3.19. The molecule has 0 bridgehead atoms. The van der Waals surface area contributed by atoms with Crippen molar-refractivity contribution in [2.45, 2.75) is 19.9 Å². The van der Waals surface area contributed by atoms with Crippen molar-refractivity contribution in [3.63, 3.8) is 0 Å². The molecule has 0 radical (unpaired) electrons. The van der Waals surface area contributed by atoms with Gasteiger partial charge in [0.05, 0.1) is 5.56 Å². The summed E-state index contributed by atoms with van der Waals surface area (Å²) in [6, 6.07) is 6.90. The molecular formula is C16H18FN5O3. The monoisotopic (exact) mass is 347 g/mol. The van der Waals surface area contributed by atoms with E-state index in [2.05, 4.69) is 9.97 Å². The first kappa shape index (κ1) is 19.8. The van der Waals surface area contributed by atoms with E-state index in [9.17, 15) is 14.0 Å². The van der Waals surface area contributed by atoms with E-state index in [4.69, 9.17) is 21.8 Å². The number of rotatable bonds is 4. The lowest BCUT2D eigenvalue weighted by Crippen LogP contribution is -2.34. The number of H-pyrrole nitrogens is 1. The van der Waals surface area contributed by atoms with E-state index in [1.54, 1.807) is 26.0 Å². The maximum absolute atomic E-state index is 13.5. The van der Waals surface area contributed by atoms with Gasteiger partial charge in [-0.05, 0) is 18.1 Å². The van der Waals surface area contributed by atoms with Gasteiger partial charge in [-0.2, -0.15) is 5.26 Å². The lowest BCUT2D eigenvalue weighted by Gasteiger charge is -2.07. The summed E-state index contributed by atoms with van der Waals surface area (Å²) in [5.41, 5.74) is 10.1. The zero-order chi connectivity index (χ0) is 19.1. The Morgan fingerprint density at radius 1 is 1.36 bits per heavy atom. The minimum absolute atomic E-state index is 0.0208. The van der Waals surface area contributed by atoms with Gasteiger partial charge < -0.3 is 21.6 Å². The third-order valence-electron chi connectivity index (χ3n) is 3.19. The number of carboxylic acid groups (broad SMARTS) is 1. The Labute approximate surface area is 143 Å². The number of imidazole rings is 1. The first-order valence-electron chi connectivity index (χ1n) is 7.22. The van der Waals surface area contributed by atoms with Gasteiger partial charge in [-0.3, -0.25) is 9.59 Å². The molecule has 0 unspecified atom stereocenters. The molecule has 1 aromatic heterocycles. The highest BCUT2D eigenvalue weighted by Crippen LogP contribution is 2.20. The van der Waals surface area contributed by atoms with E-state index in [1.807, 2.05) is 0 Å². The lowest BCUT2D eigenvalue weighted by atomic mass is 10.1. The molecule has 132 valence electrons. The van der Waals surface area contributed by atoms with Crippen molar-refractivity contribution in [2.24, 2.45) is 17.4 Å². The number of benzene rings is 1. The Balaban J connectivity index is 0.000000333. The number of halogens is 1. The van der Waals surface area contributed by atoms with Gasteiger partial charge in [-0.25, -0.2) is 9.37 Å². The summed E-state index contributed by atoms with van der Waals surface area (Å²) in [5, 5.41) is 17.0. The number of amides is 1. The van der Waals surface area contributed by atoms with Crippen LogP contribution in [0.3, 0.4) is 0 Å². The first-order valence-corrected chi connectivity index (χ1v) is 7.22. The number of nitrogens with one attached hydrogen (secondary N) is 1. The van der Waals surface area contributed by atoms with E-state index in [0.717, 1.165) is 0 Å². The van der Waals surface area contributed by atoms with Crippen LogP contribution in [-0.2, 0) is 4.79 Å². The number of hydrogen-bond acceptors (Lipinski definition) is 5. The van der Waals surface area contributed by atoms with Crippen molar-refractivity contribution in [1.29, 1.82) is 5.26 Å². The van der Waals surface area contributed by atoms with Gasteiger partial charge in [-0.1, -0.05) is 26.0 Å². The van der Waals surface area contributed by atoms with Crippen LogP contribution in [0.15, 0.2) is 24.3 Å². The molecule has 6 N–H and O–H groups in total. The number of carbonyl (C=O) groups excluding carboxylic acids is 1. The Morgan fingerprint density at radius 3 is 2.32 bits per heavy atom. The Kier molecular flexibility index (Phi) is 6.78. The van der Waals surface area contributed by atoms with Crippen LogP contribution in [0.1, 0.15) is 30.0 Å². The third kappa shape index (κ3) is 5.12. The molecule has 2 aromatic rings.